The Balaban J connectivity index is 3.11. The third-order valence-electron chi connectivity index (χ3n) is 3.26. The first-order valence-electron chi connectivity index (χ1n) is 7.41. The van der Waals surface area contributed by atoms with E-state index in [0.29, 0.717) is 0 Å². The van der Waals surface area contributed by atoms with Crippen LogP contribution in [0.15, 0.2) is 0 Å². The molecule has 17 heavy (non-hydrogen) atoms. The zero-order valence-electron chi connectivity index (χ0n) is 12.2. The lowest BCUT2D eigenvalue weighted by atomic mass is 10.1. The van der Waals surface area contributed by atoms with E-state index in [0.717, 1.165) is 5.92 Å². The molecule has 0 aliphatic rings. The summed E-state index contributed by atoms with van der Waals surface area (Å²) in [6.45, 7) is 7.17. The van der Waals surface area contributed by atoms with E-state index < -0.39 is 0 Å². The Labute approximate surface area is 117 Å². The number of rotatable bonds is 12. The van der Waals surface area contributed by atoms with Crippen molar-refractivity contribution in [2.24, 2.45) is 5.92 Å². The van der Waals surface area contributed by atoms with E-state index in [1.165, 1.54) is 69.8 Å². The van der Waals surface area contributed by atoms with Crippen LogP contribution in [0.3, 0.4) is 0 Å². The summed E-state index contributed by atoms with van der Waals surface area (Å²) in [5.41, 5.74) is 0. The van der Waals surface area contributed by atoms with E-state index in [-0.39, 0.29) is 0 Å². The molecule has 0 amide bonds. The minimum absolute atomic E-state index is 0.840. The normalized spacial score (nSPS) is 11.6. The zero-order valence-corrected chi connectivity index (χ0v) is 13.8. The summed E-state index contributed by atoms with van der Waals surface area (Å²) in [7, 11) is 2.26. The Morgan fingerprint density at radius 1 is 0.824 bits per heavy atom. The van der Waals surface area contributed by atoms with Crippen LogP contribution in [0.25, 0.3) is 0 Å². The number of halogens is 1. The Kier molecular flexibility index (Phi) is 13.2. The lowest BCUT2D eigenvalue weighted by Crippen LogP contribution is -2.21. The fourth-order valence-corrected chi connectivity index (χ4v) is 2.35. The standard InChI is InChI=1S/C15H32BrN/c1-15(2)11-14-17(3)13-10-8-6-4-5-7-9-12-16/h15H,4-14H2,1-3H3. The van der Waals surface area contributed by atoms with E-state index in [1.54, 1.807) is 0 Å². The first kappa shape index (κ1) is 17.4. The molecule has 0 aliphatic carbocycles. The number of hydrogen-bond donors (Lipinski definition) is 0. The van der Waals surface area contributed by atoms with Crippen LogP contribution < -0.4 is 0 Å². The lowest BCUT2D eigenvalue weighted by molar-refractivity contribution is 0.302. The number of hydrogen-bond acceptors (Lipinski definition) is 1. The summed E-state index contributed by atoms with van der Waals surface area (Å²) in [6.07, 6.45) is 11.2. The van der Waals surface area contributed by atoms with Crippen molar-refractivity contribution in [1.82, 2.24) is 4.90 Å². The molecule has 0 bridgehead atoms. The van der Waals surface area contributed by atoms with Gasteiger partial charge in [-0.15, -0.1) is 0 Å². The minimum Gasteiger partial charge on any atom is -0.306 e. The predicted molar refractivity (Wildman–Crippen MR) is 83.1 cm³/mol. The fourth-order valence-electron chi connectivity index (χ4n) is 1.95. The van der Waals surface area contributed by atoms with Crippen LogP contribution in [-0.2, 0) is 0 Å². The summed E-state index contributed by atoms with van der Waals surface area (Å²) < 4.78 is 0. The molecule has 0 heterocycles. The molecule has 0 saturated carbocycles. The molecule has 0 N–H and O–H groups in total. The predicted octanol–water partition coefficient (Wildman–Crippen LogP) is 5.09. The van der Waals surface area contributed by atoms with Crippen molar-refractivity contribution in [3.8, 4) is 0 Å². The van der Waals surface area contributed by atoms with Gasteiger partial charge in [-0.05, 0) is 45.3 Å². The summed E-state index contributed by atoms with van der Waals surface area (Å²) in [5.74, 6) is 0.840. The molecule has 1 nitrogen and oxygen atoms in total. The van der Waals surface area contributed by atoms with Crippen molar-refractivity contribution in [3.63, 3.8) is 0 Å². The van der Waals surface area contributed by atoms with Crippen LogP contribution in [0, 0.1) is 5.92 Å². The van der Waals surface area contributed by atoms with Gasteiger partial charge in [0.1, 0.15) is 0 Å². The van der Waals surface area contributed by atoms with Crippen LogP contribution in [0.2, 0.25) is 0 Å². The van der Waals surface area contributed by atoms with Gasteiger partial charge in [0, 0.05) is 5.33 Å². The maximum Gasteiger partial charge on any atom is 0.00313 e. The molecule has 0 aromatic heterocycles. The summed E-state index contributed by atoms with van der Waals surface area (Å²) in [4.78, 5) is 2.49. The van der Waals surface area contributed by atoms with E-state index in [9.17, 15) is 0 Å². The molecule has 0 unspecified atom stereocenters. The average Bonchev–Trinajstić information content (AvgIpc) is 2.30. The van der Waals surface area contributed by atoms with Crippen molar-refractivity contribution >= 4 is 15.9 Å². The van der Waals surface area contributed by atoms with E-state index in [1.807, 2.05) is 0 Å². The monoisotopic (exact) mass is 305 g/mol. The second kappa shape index (κ2) is 12.9. The average molecular weight is 306 g/mol. The largest absolute Gasteiger partial charge is 0.306 e. The van der Waals surface area contributed by atoms with Gasteiger partial charge in [0.25, 0.3) is 0 Å². The van der Waals surface area contributed by atoms with Gasteiger partial charge in [-0.3, -0.25) is 0 Å². The van der Waals surface area contributed by atoms with Gasteiger partial charge in [-0.1, -0.05) is 61.9 Å². The Bertz CT molecular complexity index is 148. The van der Waals surface area contributed by atoms with Gasteiger partial charge >= 0.3 is 0 Å². The molecule has 0 saturated heterocycles. The van der Waals surface area contributed by atoms with Crippen molar-refractivity contribution in [1.29, 1.82) is 0 Å². The molecule has 0 rings (SSSR count). The van der Waals surface area contributed by atoms with Crippen LogP contribution >= 0.6 is 15.9 Å². The smallest absolute Gasteiger partial charge is 0.00313 e. The summed E-state index contributed by atoms with van der Waals surface area (Å²) in [6, 6.07) is 0. The highest BCUT2D eigenvalue weighted by atomic mass is 79.9. The van der Waals surface area contributed by atoms with Gasteiger partial charge < -0.3 is 4.90 Å². The first-order valence-corrected chi connectivity index (χ1v) is 8.53. The highest BCUT2D eigenvalue weighted by molar-refractivity contribution is 9.09. The third-order valence-corrected chi connectivity index (χ3v) is 3.82. The summed E-state index contributed by atoms with van der Waals surface area (Å²) >= 11 is 3.48. The molecule has 0 spiro atoms. The zero-order chi connectivity index (χ0) is 12.9. The molecule has 0 aromatic rings. The molecule has 0 aromatic carbocycles. The number of nitrogens with zero attached hydrogens (tertiary/aromatic N) is 1. The van der Waals surface area contributed by atoms with Crippen LogP contribution in [0.4, 0.5) is 0 Å². The molecule has 104 valence electrons. The second-order valence-electron chi connectivity index (χ2n) is 5.65. The summed E-state index contributed by atoms with van der Waals surface area (Å²) in [5, 5.41) is 1.17. The number of unbranched alkanes of at least 4 members (excludes halogenated alkanes) is 6. The SMILES string of the molecule is CC(C)CCN(C)CCCCCCCCCBr. The fraction of sp³-hybridized carbons (Fsp3) is 1.00. The third kappa shape index (κ3) is 14.4. The van der Waals surface area contributed by atoms with Crippen LogP contribution in [0.5, 0.6) is 0 Å². The van der Waals surface area contributed by atoms with Gasteiger partial charge in [-0.25, -0.2) is 0 Å². The molecule has 0 radical (unpaired) electrons. The van der Waals surface area contributed by atoms with E-state index in [2.05, 4.69) is 41.7 Å². The number of alkyl halides is 1. The van der Waals surface area contributed by atoms with Gasteiger partial charge in [0.15, 0.2) is 0 Å². The molecule has 0 fully saturated rings. The molecule has 0 atom stereocenters. The maximum absolute atomic E-state index is 3.48. The Morgan fingerprint density at radius 3 is 1.88 bits per heavy atom. The van der Waals surface area contributed by atoms with Crippen molar-refractivity contribution in [2.75, 3.05) is 25.5 Å². The van der Waals surface area contributed by atoms with Crippen molar-refractivity contribution in [3.05, 3.63) is 0 Å². The second-order valence-corrected chi connectivity index (χ2v) is 6.44. The van der Waals surface area contributed by atoms with E-state index >= 15 is 0 Å². The van der Waals surface area contributed by atoms with Gasteiger partial charge in [0.2, 0.25) is 0 Å². The topological polar surface area (TPSA) is 3.24 Å². The minimum atomic E-state index is 0.840. The quantitative estimate of drug-likeness (QED) is 0.358. The van der Waals surface area contributed by atoms with Crippen molar-refractivity contribution < 1.29 is 0 Å². The van der Waals surface area contributed by atoms with Crippen molar-refractivity contribution in [2.45, 2.75) is 65.2 Å². The maximum atomic E-state index is 3.48. The van der Waals surface area contributed by atoms with Gasteiger partial charge in [-0.2, -0.15) is 0 Å². The lowest BCUT2D eigenvalue weighted by Gasteiger charge is -2.17. The Hall–Kier alpha value is 0.440. The Morgan fingerprint density at radius 2 is 1.35 bits per heavy atom. The molecular weight excluding hydrogens is 274 g/mol. The molecule has 0 aliphatic heterocycles. The molecule has 2 heteroatoms. The molecular formula is C15H32BrN. The van der Waals surface area contributed by atoms with Crippen LogP contribution in [0.1, 0.15) is 65.2 Å². The van der Waals surface area contributed by atoms with E-state index in [4.69, 9.17) is 0 Å². The highest BCUT2D eigenvalue weighted by Crippen LogP contribution is 2.09. The highest BCUT2D eigenvalue weighted by Gasteiger charge is 2.00. The van der Waals surface area contributed by atoms with Gasteiger partial charge in [0.05, 0.1) is 0 Å². The van der Waals surface area contributed by atoms with Crippen LogP contribution in [-0.4, -0.2) is 30.4 Å². The first-order chi connectivity index (χ1) is 8.16.